The van der Waals surface area contributed by atoms with Crippen LogP contribution in [0.25, 0.3) is 32.8 Å². The molecule has 2 unspecified atom stereocenters. The van der Waals surface area contributed by atoms with Crippen molar-refractivity contribution in [1.29, 1.82) is 0 Å². The van der Waals surface area contributed by atoms with Gasteiger partial charge in [-0.25, -0.2) is 9.59 Å². The van der Waals surface area contributed by atoms with Crippen molar-refractivity contribution in [2.45, 2.75) is 104 Å². The molecule has 1 saturated carbocycles. The number of hydrogen-bond acceptors (Lipinski definition) is 7. The first-order valence-electron chi connectivity index (χ1n) is 19.4. The summed E-state index contributed by atoms with van der Waals surface area (Å²) in [5.74, 6) is 0.476. The highest BCUT2D eigenvalue weighted by molar-refractivity contribution is 6.35. The molecule has 1 amide bonds. The van der Waals surface area contributed by atoms with Crippen LogP contribution in [0.2, 0.25) is 5.02 Å². The van der Waals surface area contributed by atoms with Gasteiger partial charge in [-0.3, -0.25) is 9.58 Å². The summed E-state index contributed by atoms with van der Waals surface area (Å²) in [5, 5.41) is 8.52. The third kappa shape index (κ3) is 7.94. The molecule has 3 aromatic carbocycles. The zero-order valence-electron chi connectivity index (χ0n) is 33.7. The predicted octanol–water partition coefficient (Wildman–Crippen LogP) is 9.13. The first kappa shape index (κ1) is 38.7. The van der Waals surface area contributed by atoms with Crippen LogP contribution in [0.4, 0.5) is 4.79 Å². The minimum atomic E-state index is -0.705. The molecule has 7 rings (SSSR count). The summed E-state index contributed by atoms with van der Waals surface area (Å²) in [6.07, 6.45) is 1.92. The number of fused-ring (bicyclic) bond motifs is 3. The second-order valence-corrected chi connectivity index (χ2v) is 17.4. The summed E-state index contributed by atoms with van der Waals surface area (Å²) in [5.41, 5.74) is 4.79. The van der Waals surface area contributed by atoms with E-state index in [1.54, 1.807) is 0 Å². The highest BCUT2D eigenvalue weighted by Crippen LogP contribution is 2.43. The number of amides is 1. The van der Waals surface area contributed by atoms with E-state index in [0.29, 0.717) is 56.3 Å². The summed E-state index contributed by atoms with van der Waals surface area (Å²) < 4.78 is 22.3. The highest BCUT2D eigenvalue weighted by Gasteiger charge is 2.51. The van der Waals surface area contributed by atoms with Crippen molar-refractivity contribution in [3.63, 3.8) is 0 Å². The van der Waals surface area contributed by atoms with Gasteiger partial charge in [0.15, 0.2) is 0 Å². The summed E-state index contributed by atoms with van der Waals surface area (Å²) >= 11 is 7.18. The molecule has 2 aromatic heterocycles. The molecular weight excluding hydrogens is 714 g/mol. The Balaban J connectivity index is 1.26. The second-order valence-electron chi connectivity index (χ2n) is 17.0. The highest BCUT2D eigenvalue weighted by atomic mass is 35.5. The lowest BCUT2D eigenvalue weighted by Gasteiger charge is -2.35. The average Bonchev–Trinajstić information content (AvgIpc) is 3.79. The average molecular weight is 768 g/mol. The van der Waals surface area contributed by atoms with Gasteiger partial charge in [-0.1, -0.05) is 54.1 Å². The zero-order chi connectivity index (χ0) is 39.4. The van der Waals surface area contributed by atoms with Crippen molar-refractivity contribution in [3.05, 3.63) is 82.3 Å². The van der Waals surface area contributed by atoms with E-state index in [2.05, 4.69) is 34.6 Å². The van der Waals surface area contributed by atoms with Gasteiger partial charge in [-0.05, 0) is 97.7 Å². The van der Waals surface area contributed by atoms with Crippen LogP contribution in [0.1, 0.15) is 81.8 Å². The molecule has 2 atom stereocenters. The van der Waals surface area contributed by atoms with Gasteiger partial charge in [0.1, 0.15) is 22.6 Å². The number of piperazine rings is 1. The van der Waals surface area contributed by atoms with Crippen molar-refractivity contribution >= 4 is 45.3 Å². The number of aromatic nitrogens is 3. The maximum atomic E-state index is 14.5. The number of benzene rings is 3. The fourth-order valence-electron chi connectivity index (χ4n) is 8.17. The van der Waals surface area contributed by atoms with E-state index in [0.717, 1.165) is 61.9 Å². The lowest BCUT2D eigenvalue weighted by molar-refractivity contribution is 0.00501. The molecule has 55 heavy (non-hydrogen) atoms. The third-order valence-electron chi connectivity index (χ3n) is 10.7. The summed E-state index contributed by atoms with van der Waals surface area (Å²) in [7, 11) is 1.94. The lowest BCUT2D eigenvalue weighted by Crippen LogP contribution is -2.50. The van der Waals surface area contributed by atoms with Gasteiger partial charge < -0.3 is 23.7 Å². The summed E-state index contributed by atoms with van der Waals surface area (Å²) in [6.45, 7) is 18.4. The van der Waals surface area contributed by atoms with Gasteiger partial charge in [0.25, 0.3) is 0 Å². The molecule has 1 aliphatic carbocycles. The first-order valence-corrected chi connectivity index (χ1v) is 19.8. The molecule has 0 bridgehead atoms. The van der Waals surface area contributed by atoms with Crippen LogP contribution in [-0.2, 0) is 29.5 Å². The summed E-state index contributed by atoms with van der Waals surface area (Å²) in [6, 6.07) is 18.7. The Morgan fingerprint density at radius 2 is 1.58 bits per heavy atom. The number of halogens is 1. The third-order valence-corrected chi connectivity index (χ3v) is 11.0. The molecule has 0 radical (unpaired) electrons. The second kappa shape index (κ2) is 14.8. The normalized spacial score (nSPS) is 17.5. The molecule has 1 aliphatic heterocycles. The molecule has 0 spiro atoms. The van der Waals surface area contributed by atoms with E-state index in [4.69, 9.17) is 30.9 Å². The van der Waals surface area contributed by atoms with Crippen LogP contribution in [0.3, 0.4) is 0 Å². The van der Waals surface area contributed by atoms with E-state index >= 15 is 0 Å². The van der Waals surface area contributed by atoms with Crippen molar-refractivity contribution in [3.8, 4) is 16.9 Å². The van der Waals surface area contributed by atoms with E-state index in [1.807, 2.05) is 101 Å². The van der Waals surface area contributed by atoms with E-state index in [-0.39, 0.29) is 24.1 Å². The quantitative estimate of drug-likeness (QED) is 0.103. The fraction of sp³-hybridized carbons (Fsp3) is 0.477. The molecule has 10 nitrogen and oxygen atoms in total. The Kier molecular flexibility index (Phi) is 10.5. The van der Waals surface area contributed by atoms with Gasteiger partial charge in [0.05, 0.1) is 28.9 Å². The Labute approximate surface area is 329 Å². The minimum Gasteiger partial charge on any atom is -0.493 e. The number of rotatable bonds is 10. The molecule has 2 aliphatic rings. The van der Waals surface area contributed by atoms with Crippen LogP contribution in [0.15, 0.2) is 54.6 Å². The van der Waals surface area contributed by atoms with Crippen molar-refractivity contribution in [1.82, 2.24) is 24.1 Å². The van der Waals surface area contributed by atoms with Gasteiger partial charge in [-0.15, -0.1) is 0 Å². The Bertz CT molecular complexity index is 2260. The SMILES string of the molecule is Cc1nn(C)c(C)c1-c1c(Cl)ccc2c(CCCOc3cccc4ccccc34)c(C(=O)OC(C)(C)C)n(CCN3CCN(C(=O)OC(C)(C)C)C4CC43)c12. The number of aryl methyl sites for hydroxylation is 3. The maximum Gasteiger partial charge on any atom is 0.410 e. The van der Waals surface area contributed by atoms with E-state index in [1.165, 1.54) is 0 Å². The van der Waals surface area contributed by atoms with Crippen LogP contribution >= 0.6 is 11.6 Å². The Morgan fingerprint density at radius 3 is 2.29 bits per heavy atom. The zero-order valence-corrected chi connectivity index (χ0v) is 34.4. The Morgan fingerprint density at radius 1 is 0.855 bits per heavy atom. The smallest absolute Gasteiger partial charge is 0.410 e. The lowest BCUT2D eigenvalue weighted by atomic mass is 9.98. The number of carbonyl (C=O) groups is 2. The number of esters is 1. The monoisotopic (exact) mass is 767 g/mol. The van der Waals surface area contributed by atoms with Gasteiger partial charge in [0, 0.05) is 66.9 Å². The molecule has 3 heterocycles. The predicted molar refractivity (Wildman–Crippen MR) is 218 cm³/mol. The molecule has 292 valence electrons. The number of ether oxygens (including phenoxy) is 3. The van der Waals surface area contributed by atoms with Crippen molar-refractivity contribution < 1.29 is 23.8 Å². The van der Waals surface area contributed by atoms with E-state index < -0.39 is 11.2 Å². The van der Waals surface area contributed by atoms with Crippen molar-refractivity contribution in [2.24, 2.45) is 7.05 Å². The summed E-state index contributed by atoms with van der Waals surface area (Å²) in [4.78, 5) is 31.9. The van der Waals surface area contributed by atoms with Crippen LogP contribution < -0.4 is 4.74 Å². The molecule has 5 aromatic rings. The number of nitrogens with zero attached hydrogens (tertiary/aromatic N) is 5. The first-order chi connectivity index (χ1) is 26.0. The van der Waals surface area contributed by atoms with Crippen LogP contribution in [0.5, 0.6) is 5.75 Å². The van der Waals surface area contributed by atoms with Crippen LogP contribution in [-0.4, -0.2) is 85.7 Å². The maximum absolute atomic E-state index is 14.5. The van der Waals surface area contributed by atoms with Crippen LogP contribution in [0, 0.1) is 13.8 Å². The number of carbonyl (C=O) groups excluding carboxylic acids is 2. The van der Waals surface area contributed by atoms with Gasteiger partial charge in [-0.2, -0.15) is 5.10 Å². The molecule has 0 N–H and O–H groups in total. The fourth-order valence-corrected chi connectivity index (χ4v) is 8.42. The standard InChI is InChI=1S/C44H54ClN5O5/c1-27-37(28(2)47(9)46-27)38-33(45)20-19-32-31(17-13-25-53-36-18-12-15-29-14-10-11-16-30(29)36)40(41(51)54-43(3,4)5)50(39(32)38)24-22-48-21-23-49(35-26-34(35)48)42(52)55-44(6,7)8/h10-12,14-16,18-20,34-35H,13,17,21-26H2,1-9H3. The molecule has 2 fully saturated rings. The van der Waals surface area contributed by atoms with Gasteiger partial charge in [0.2, 0.25) is 0 Å². The topological polar surface area (TPSA) is 91.1 Å². The van der Waals surface area contributed by atoms with Gasteiger partial charge >= 0.3 is 12.1 Å². The van der Waals surface area contributed by atoms with E-state index in [9.17, 15) is 9.59 Å². The van der Waals surface area contributed by atoms with Crippen molar-refractivity contribution in [2.75, 3.05) is 26.2 Å². The Hall–Kier alpha value is -4.54. The largest absolute Gasteiger partial charge is 0.493 e. The number of hydrogen-bond donors (Lipinski definition) is 0. The molecule has 11 heteroatoms. The minimum absolute atomic E-state index is 0.123. The molecular formula is C44H54ClN5O5. The molecule has 1 saturated heterocycles.